The van der Waals surface area contributed by atoms with Crippen molar-refractivity contribution in [2.75, 3.05) is 0 Å². The highest BCUT2D eigenvalue weighted by Crippen LogP contribution is 2.20. The number of halogens is 1. The summed E-state index contributed by atoms with van der Waals surface area (Å²) >= 11 is 0. The van der Waals surface area contributed by atoms with Crippen molar-refractivity contribution in [1.29, 1.82) is 0 Å². The zero-order valence-corrected chi connectivity index (χ0v) is 11.4. The number of hydrogen-bond donors (Lipinski definition) is 3. The van der Waals surface area contributed by atoms with Gasteiger partial charge >= 0.3 is 0 Å². The Kier molecular flexibility index (Phi) is 4.06. The van der Waals surface area contributed by atoms with Gasteiger partial charge in [0.25, 0.3) is 0 Å². The summed E-state index contributed by atoms with van der Waals surface area (Å²) in [6.07, 6.45) is 0. The Morgan fingerprint density at radius 2 is 2.20 bits per heavy atom. The van der Waals surface area contributed by atoms with Gasteiger partial charge in [-0.15, -0.1) is 10.2 Å². The van der Waals surface area contributed by atoms with Gasteiger partial charge < -0.3 is 5.73 Å². The van der Waals surface area contributed by atoms with Gasteiger partial charge in [-0.3, -0.25) is 0 Å². The number of tetrazole rings is 1. The summed E-state index contributed by atoms with van der Waals surface area (Å²) in [4.78, 5) is -0.151. The summed E-state index contributed by atoms with van der Waals surface area (Å²) in [6.45, 7) is 1.29. The van der Waals surface area contributed by atoms with Gasteiger partial charge in [-0.2, -0.15) is 5.21 Å². The van der Waals surface area contributed by atoms with Gasteiger partial charge in [0.1, 0.15) is 5.82 Å². The highest BCUT2D eigenvalue weighted by molar-refractivity contribution is 7.89. The van der Waals surface area contributed by atoms with Crippen molar-refractivity contribution in [3.8, 4) is 0 Å². The molecule has 0 aliphatic carbocycles. The lowest BCUT2D eigenvalue weighted by Crippen LogP contribution is -2.25. The van der Waals surface area contributed by atoms with E-state index in [1.54, 1.807) is 0 Å². The summed E-state index contributed by atoms with van der Waals surface area (Å²) in [5.74, 6) is -0.436. The Bertz CT molecular complexity index is 701. The molecule has 20 heavy (non-hydrogen) atoms. The third-order valence-electron chi connectivity index (χ3n) is 2.69. The van der Waals surface area contributed by atoms with Gasteiger partial charge in [-0.1, -0.05) is 5.21 Å². The average molecular weight is 300 g/mol. The number of aromatic nitrogens is 4. The smallest absolute Gasteiger partial charge is 0.241 e. The maximum atomic E-state index is 13.7. The molecule has 1 aromatic carbocycles. The number of aromatic amines is 1. The molecule has 0 unspecified atom stereocenters. The predicted molar refractivity (Wildman–Crippen MR) is 67.2 cm³/mol. The van der Waals surface area contributed by atoms with Gasteiger partial charge in [-0.05, 0) is 24.6 Å². The van der Waals surface area contributed by atoms with E-state index in [9.17, 15) is 12.8 Å². The first-order valence-corrected chi connectivity index (χ1v) is 7.13. The van der Waals surface area contributed by atoms with Crippen LogP contribution in [0.15, 0.2) is 17.0 Å². The molecule has 2 aromatic rings. The van der Waals surface area contributed by atoms with E-state index in [-0.39, 0.29) is 29.4 Å². The number of rotatable bonds is 5. The topological polar surface area (TPSA) is 127 Å². The van der Waals surface area contributed by atoms with Crippen molar-refractivity contribution in [2.45, 2.75) is 24.9 Å². The van der Waals surface area contributed by atoms with Crippen molar-refractivity contribution in [1.82, 2.24) is 25.3 Å². The lowest BCUT2D eigenvalue weighted by atomic mass is 10.1. The molecule has 0 bridgehead atoms. The molecule has 0 atom stereocenters. The van der Waals surface area contributed by atoms with E-state index in [2.05, 4.69) is 25.3 Å². The molecule has 0 saturated carbocycles. The number of nitrogens with two attached hydrogens (primary N) is 1. The van der Waals surface area contributed by atoms with E-state index < -0.39 is 15.8 Å². The number of nitrogens with one attached hydrogen (secondary N) is 2. The molecule has 0 aliphatic rings. The van der Waals surface area contributed by atoms with Gasteiger partial charge in [-0.25, -0.2) is 17.5 Å². The van der Waals surface area contributed by atoms with Gasteiger partial charge in [0, 0.05) is 12.1 Å². The van der Waals surface area contributed by atoms with Gasteiger partial charge in [0.15, 0.2) is 5.82 Å². The SMILES string of the molecule is Cc1c(F)cc(CN)cc1S(=O)(=O)NCc1nn[nH]n1. The van der Waals surface area contributed by atoms with Crippen molar-refractivity contribution in [2.24, 2.45) is 5.73 Å². The first-order valence-electron chi connectivity index (χ1n) is 5.65. The van der Waals surface area contributed by atoms with Gasteiger partial charge in [0.05, 0.1) is 11.4 Å². The third kappa shape index (κ3) is 2.98. The van der Waals surface area contributed by atoms with Crippen LogP contribution in [0.5, 0.6) is 0 Å². The van der Waals surface area contributed by atoms with Crippen LogP contribution in [0, 0.1) is 12.7 Å². The number of hydrogen-bond acceptors (Lipinski definition) is 6. The largest absolute Gasteiger partial charge is 0.326 e. The van der Waals surface area contributed by atoms with Crippen LogP contribution in [-0.2, 0) is 23.1 Å². The molecule has 0 fully saturated rings. The average Bonchev–Trinajstić information content (AvgIpc) is 2.92. The molecule has 108 valence electrons. The Hall–Kier alpha value is -1.91. The number of nitrogens with zero attached hydrogens (tertiary/aromatic N) is 3. The second kappa shape index (κ2) is 5.61. The number of sulfonamides is 1. The second-order valence-corrected chi connectivity index (χ2v) is 5.79. The molecule has 4 N–H and O–H groups in total. The predicted octanol–water partition coefficient (Wildman–Crippen LogP) is -0.416. The van der Waals surface area contributed by atoms with E-state index in [1.165, 1.54) is 19.1 Å². The monoisotopic (exact) mass is 300 g/mol. The standard InChI is InChI=1S/C10H13FN6O2S/c1-6-8(11)2-7(4-12)3-9(6)20(18,19)13-5-10-14-16-17-15-10/h2-3,13H,4-5,12H2,1H3,(H,14,15,16,17). The molecule has 10 heteroatoms. The van der Waals surface area contributed by atoms with Crippen LogP contribution in [-0.4, -0.2) is 29.0 Å². The van der Waals surface area contributed by atoms with Crippen molar-refractivity contribution < 1.29 is 12.8 Å². The normalized spacial score (nSPS) is 11.8. The minimum Gasteiger partial charge on any atom is -0.326 e. The van der Waals surface area contributed by atoms with Gasteiger partial charge in [0.2, 0.25) is 10.0 Å². The summed E-state index contributed by atoms with van der Waals surface area (Å²) in [6, 6.07) is 2.56. The maximum absolute atomic E-state index is 13.7. The Balaban J connectivity index is 2.31. The molecule has 1 aromatic heterocycles. The van der Waals surface area contributed by atoms with E-state index in [4.69, 9.17) is 5.73 Å². The van der Waals surface area contributed by atoms with Crippen LogP contribution in [0.25, 0.3) is 0 Å². The highest BCUT2D eigenvalue weighted by Gasteiger charge is 2.20. The summed E-state index contributed by atoms with van der Waals surface area (Å²) < 4.78 is 40.3. The zero-order valence-electron chi connectivity index (χ0n) is 10.6. The minimum atomic E-state index is -3.89. The fourth-order valence-electron chi connectivity index (χ4n) is 1.60. The molecule has 8 nitrogen and oxygen atoms in total. The zero-order chi connectivity index (χ0) is 14.8. The first-order chi connectivity index (χ1) is 9.44. The van der Waals surface area contributed by atoms with E-state index in [0.717, 1.165) is 0 Å². The first kappa shape index (κ1) is 14.5. The Morgan fingerprint density at radius 1 is 1.45 bits per heavy atom. The van der Waals surface area contributed by atoms with Crippen molar-refractivity contribution >= 4 is 10.0 Å². The van der Waals surface area contributed by atoms with Crippen LogP contribution in [0.4, 0.5) is 4.39 Å². The summed E-state index contributed by atoms with van der Waals surface area (Å²) in [5, 5.41) is 12.7. The molecular weight excluding hydrogens is 287 g/mol. The molecule has 0 spiro atoms. The van der Waals surface area contributed by atoms with Crippen molar-refractivity contribution in [3.05, 3.63) is 34.9 Å². The summed E-state index contributed by atoms with van der Waals surface area (Å²) in [5.41, 5.74) is 5.84. The molecule has 0 aliphatic heterocycles. The molecule has 0 radical (unpaired) electrons. The molecule has 0 saturated heterocycles. The maximum Gasteiger partial charge on any atom is 0.241 e. The molecular formula is C10H13FN6O2S. The third-order valence-corrected chi connectivity index (χ3v) is 4.22. The summed E-state index contributed by atoms with van der Waals surface area (Å²) in [7, 11) is -3.89. The highest BCUT2D eigenvalue weighted by atomic mass is 32.2. The molecule has 0 amide bonds. The van der Waals surface area contributed by atoms with Crippen LogP contribution >= 0.6 is 0 Å². The van der Waals surface area contributed by atoms with Crippen LogP contribution in [0.2, 0.25) is 0 Å². The van der Waals surface area contributed by atoms with Crippen molar-refractivity contribution in [3.63, 3.8) is 0 Å². The lowest BCUT2D eigenvalue weighted by molar-refractivity contribution is 0.572. The van der Waals surface area contributed by atoms with Crippen LogP contribution in [0.1, 0.15) is 17.0 Å². The fraction of sp³-hybridized carbons (Fsp3) is 0.300. The lowest BCUT2D eigenvalue weighted by Gasteiger charge is -2.10. The molecule has 2 rings (SSSR count). The fourth-order valence-corrected chi connectivity index (χ4v) is 2.88. The molecule has 1 heterocycles. The van der Waals surface area contributed by atoms with E-state index >= 15 is 0 Å². The van der Waals surface area contributed by atoms with E-state index in [1.807, 2.05) is 0 Å². The quantitative estimate of drug-likeness (QED) is 0.688. The van der Waals surface area contributed by atoms with Crippen LogP contribution < -0.4 is 10.5 Å². The number of benzene rings is 1. The van der Waals surface area contributed by atoms with E-state index in [0.29, 0.717) is 5.56 Å². The minimum absolute atomic E-state index is 0.0304. The second-order valence-electron chi connectivity index (χ2n) is 4.06. The Morgan fingerprint density at radius 3 is 2.80 bits per heavy atom. The van der Waals surface area contributed by atoms with Crippen LogP contribution in [0.3, 0.4) is 0 Å². The number of H-pyrrole nitrogens is 1. The Labute approximate surface area is 114 Å².